The van der Waals surface area contributed by atoms with E-state index < -0.39 is 5.82 Å². The molecule has 21 heavy (non-hydrogen) atoms. The average molecular weight is 419 g/mol. The molecule has 0 amide bonds. The highest BCUT2D eigenvalue weighted by Crippen LogP contribution is 2.38. The number of hydrogen-bond donors (Lipinski definition) is 1. The molecule has 0 radical (unpaired) electrons. The Kier molecular flexibility index (Phi) is 5.24. The van der Waals surface area contributed by atoms with Crippen LogP contribution in [0.25, 0.3) is 0 Å². The lowest BCUT2D eigenvalue weighted by molar-refractivity contribution is 0.407. The first-order chi connectivity index (χ1) is 9.92. The van der Waals surface area contributed by atoms with E-state index in [2.05, 4.69) is 31.9 Å². The fourth-order valence-electron chi connectivity index (χ4n) is 1.75. The molecule has 0 unspecified atom stereocenters. The van der Waals surface area contributed by atoms with E-state index in [-0.39, 0.29) is 11.8 Å². The fraction of sp³-hybridized carbons (Fsp3) is 0.200. The fourth-order valence-corrected chi connectivity index (χ4v) is 2.63. The Morgan fingerprint density at radius 1 is 1.05 bits per heavy atom. The van der Waals surface area contributed by atoms with Crippen LogP contribution >= 0.6 is 31.9 Å². The molecule has 2 aromatic rings. The van der Waals surface area contributed by atoms with Crippen molar-refractivity contribution >= 4 is 31.9 Å². The normalized spacial score (nSPS) is 12.1. The Balaban J connectivity index is 2.32. The lowest BCUT2D eigenvalue weighted by Gasteiger charge is -2.13. The Labute approximate surface area is 139 Å². The molecule has 112 valence electrons. The molecule has 2 aromatic carbocycles. The van der Waals surface area contributed by atoms with Crippen LogP contribution in [0, 0.1) is 5.82 Å². The van der Waals surface area contributed by atoms with E-state index in [1.807, 2.05) is 0 Å². The van der Waals surface area contributed by atoms with Crippen molar-refractivity contribution in [1.29, 1.82) is 0 Å². The van der Waals surface area contributed by atoms with Crippen LogP contribution in [0.4, 0.5) is 4.39 Å². The van der Waals surface area contributed by atoms with Crippen LogP contribution in [0.1, 0.15) is 18.5 Å². The van der Waals surface area contributed by atoms with Gasteiger partial charge in [0, 0.05) is 6.04 Å². The summed E-state index contributed by atoms with van der Waals surface area (Å²) < 4.78 is 26.2. The molecule has 1 atom stereocenters. The summed E-state index contributed by atoms with van der Waals surface area (Å²) in [6.07, 6.45) is 0. The van der Waals surface area contributed by atoms with Crippen molar-refractivity contribution in [2.24, 2.45) is 5.73 Å². The minimum Gasteiger partial charge on any atom is -0.496 e. The summed E-state index contributed by atoms with van der Waals surface area (Å²) in [5.41, 5.74) is 6.44. The first-order valence-corrected chi connectivity index (χ1v) is 7.77. The molecule has 0 aliphatic carbocycles. The standard InChI is InChI=1S/C15H14Br2FNO2/c1-8(19)9-3-4-13(12(18)5-9)21-15-7-10(16)14(20-2)6-11(15)17/h3-8H,19H2,1-2H3/t8-/m0/s1. The lowest BCUT2D eigenvalue weighted by Crippen LogP contribution is -2.05. The Hall–Kier alpha value is -1.11. The van der Waals surface area contributed by atoms with Crippen LogP contribution in [-0.2, 0) is 0 Å². The smallest absolute Gasteiger partial charge is 0.166 e. The number of hydrogen-bond acceptors (Lipinski definition) is 3. The quantitative estimate of drug-likeness (QED) is 0.744. The number of methoxy groups -OCH3 is 1. The summed E-state index contributed by atoms with van der Waals surface area (Å²) in [6, 6.07) is 7.92. The molecular weight excluding hydrogens is 405 g/mol. The van der Waals surface area contributed by atoms with Crippen molar-refractivity contribution in [3.05, 3.63) is 50.7 Å². The van der Waals surface area contributed by atoms with Crippen LogP contribution in [0.2, 0.25) is 0 Å². The number of halogens is 3. The lowest BCUT2D eigenvalue weighted by atomic mass is 10.1. The Bertz CT molecular complexity index is 662. The monoisotopic (exact) mass is 417 g/mol. The highest BCUT2D eigenvalue weighted by molar-refractivity contribution is 9.11. The van der Waals surface area contributed by atoms with Crippen LogP contribution in [0.15, 0.2) is 39.3 Å². The average Bonchev–Trinajstić information content (AvgIpc) is 2.44. The molecule has 2 rings (SSSR count). The summed E-state index contributed by atoms with van der Waals surface area (Å²) in [5, 5.41) is 0. The third kappa shape index (κ3) is 3.75. The zero-order valence-electron chi connectivity index (χ0n) is 11.5. The van der Waals surface area contributed by atoms with Gasteiger partial charge >= 0.3 is 0 Å². The summed E-state index contributed by atoms with van der Waals surface area (Å²) >= 11 is 6.74. The van der Waals surface area contributed by atoms with Gasteiger partial charge in [-0.25, -0.2) is 4.39 Å². The van der Waals surface area contributed by atoms with Gasteiger partial charge in [0.2, 0.25) is 0 Å². The zero-order chi connectivity index (χ0) is 15.6. The summed E-state index contributed by atoms with van der Waals surface area (Å²) in [6.45, 7) is 1.80. The molecule has 0 fully saturated rings. The van der Waals surface area contributed by atoms with E-state index in [0.717, 1.165) is 10.0 Å². The molecular formula is C15H14Br2FNO2. The van der Waals surface area contributed by atoms with Crippen molar-refractivity contribution in [3.63, 3.8) is 0 Å². The van der Waals surface area contributed by atoms with Crippen LogP contribution in [0.5, 0.6) is 17.2 Å². The molecule has 0 aromatic heterocycles. The van der Waals surface area contributed by atoms with Gasteiger partial charge in [0.1, 0.15) is 11.5 Å². The van der Waals surface area contributed by atoms with E-state index in [4.69, 9.17) is 15.2 Å². The van der Waals surface area contributed by atoms with Crippen molar-refractivity contribution in [1.82, 2.24) is 0 Å². The maximum Gasteiger partial charge on any atom is 0.166 e. The van der Waals surface area contributed by atoms with E-state index in [0.29, 0.717) is 16.0 Å². The van der Waals surface area contributed by atoms with Gasteiger partial charge in [-0.05, 0) is 68.6 Å². The summed E-state index contributed by atoms with van der Waals surface area (Å²) in [7, 11) is 1.57. The molecule has 6 heteroatoms. The van der Waals surface area contributed by atoms with E-state index in [1.54, 1.807) is 38.3 Å². The van der Waals surface area contributed by atoms with Gasteiger partial charge in [-0.15, -0.1) is 0 Å². The third-order valence-corrected chi connectivity index (χ3v) is 4.15. The number of benzene rings is 2. The molecule has 2 N–H and O–H groups in total. The van der Waals surface area contributed by atoms with Crippen molar-refractivity contribution in [2.45, 2.75) is 13.0 Å². The van der Waals surface area contributed by atoms with Crippen molar-refractivity contribution < 1.29 is 13.9 Å². The van der Waals surface area contributed by atoms with Crippen LogP contribution in [0.3, 0.4) is 0 Å². The van der Waals surface area contributed by atoms with Gasteiger partial charge in [0.15, 0.2) is 11.6 Å². The van der Waals surface area contributed by atoms with Crippen molar-refractivity contribution in [3.8, 4) is 17.2 Å². The first kappa shape index (κ1) is 16.3. The second-order valence-electron chi connectivity index (χ2n) is 4.50. The number of nitrogens with two attached hydrogens (primary N) is 1. The number of rotatable bonds is 4. The zero-order valence-corrected chi connectivity index (χ0v) is 14.7. The maximum atomic E-state index is 14.0. The summed E-state index contributed by atoms with van der Waals surface area (Å²) in [5.74, 6) is 0.818. The van der Waals surface area contributed by atoms with Gasteiger partial charge in [-0.1, -0.05) is 6.07 Å². The molecule has 0 saturated heterocycles. The predicted octanol–water partition coefficient (Wildman–Crippen LogP) is 5.17. The minimum absolute atomic E-state index is 0.136. The highest BCUT2D eigenvalue weighted by Gasteiger charge is 2.12. The van der Waals surface area contributed by atoms with Gasteiger partial charge < -0.3 is 15.2 Å². The molecule has 0 saturated carbocycles. The van der Waals surface area contributed by atoms with Crippen LogP contribution in [-0.4, -0.2) is 7.11 Å². The van der Waals surface area contributed by atoms with Crippen LogP contribution < -0.4 is 15.2 Å². The molecule has 0 bridgehead atoms. The first-order valence-electron chi connectivity index (χ1n) is 6.18. The molecule has 0 heterocycles. The topological polar surface area (TPSA) is 44.5 Å². The predicted molar refractivity (Wildman–Crippen MR) is 87.5 cm³/mol. The molecule has 0 aliphatic heterocycles. The Morgan fingerprint density at radius 2 is 1.67 bits per heavy atom. The van der Waals surface area contributed by atoms with Gasteiger partial charge in [0.25, 0.3) is 0 Å². The Morgan fingerprint density at radius 3 is 2.24 bits per heavy atom. The second-order valence-corrected chi connectivity index (χ2v) is 6.21. The van der Waals surface area contributed by atoms with Crippen molar-refractivity contribution in [2.75, 3.05) is 7.11 Å². The highest BCUT2D eigenvalue weighted by atomic mass is 79.9. The van der Waals surface area contributed by atoms with Gasteiger partial charge in [-0.3, -0.25) is 0 Å². The van der Waals surface area contributed by atoms with E-state index >= 15 is 0 Å². The third-order valence-electron chi connectivity index (χ3n) is 2.91. The van der Waals surface area contributed by atoms with Gasteiger partial charge in [-0.2, -0.15) is 0 Å². The van der Waals surface area contributed by atoms with Gasteiger partial charge in [0.05, 0.1) is 16.1 Å². The van der Waals surface area contributed by atoms with E-state index in [1.165, 1.54) is 6.07 Å². The summed E-state index contributed by atoms with van der Waals surface area (Å²) in [4.78, 5) is 0. The maximum absolute atomic E-state index is 14.0. The molecule has 0 spiro atoms. The molecule has 3 nitrogen and oxygen atoms in total. The van der Waals surface area contributed by atoms with E-state index in [9.17, 15) is 4.39 Å². The molecule has 0 aliphatic rings. The largest absolute Gasteiger partial charge is 0.496 e. The number of ether oxygens (including phenoxy) is 2. The SMILES string of the molecule is COc1cc(Br)c(Oc2ccc([C@H](C)N)cc2F)cc1Br. The minimum atomic E-state index is -0.455. The second kappa shape index (κ2) is 6.77.